The Morgan fingerprint density at radius 3 is 2.89 bits per heavy atom. The van der Waals surface area contributed by atoms with E-state index in [1.807, 2.05) is 38.1 Å². The molecule has 4 heterocycles. The summed E-state index contributed by atoms with van der Waals surface area (Å²) in [6, 6.07) is 7.68. The Hall–Kier alpha value is -2.58. The van der Waals surface area contributed by atoms with Crippen LogP contribution in [0.3, 0.4) is 0 Å². The molecule has 1 atom stereocenters. The highest BCUT2D eigenvalue weighted by atomic mass is 32.1. The Bertz CT molecular complexity index is 969. The van der Waals surface area contributed by atoms with Crippen LogP contribution in [0.5, 0.6) is 0 Å². The normalized spacial score (nSPS) is 15.6. The maximum atomic E-state index is 13.0. The van der Waals surface area contributed by atoms with E-state index in [1.165, 1.54) is 0 Å². The fourth-order valence-electron chi connectivity index (χ4n) is 3.06. The number of carbonyl (C=O) groups is 1. The molecule has 3 aromatic heterocycles. The zero-order valence-corrected chi connectivity index (χ0v) is 16.3. The van der Waals surface area contributed by atoms with Crippen LogP contribution in [0.15, 0.2) is 30.5 Å². The Kier molecular flexibility index (Phi) is 4.75. The topological polar surface area (TPSA) is 80.2 Å². The fraction of sp³-hybridized carbons (Fsp3) is 0.368. The lowest BCUT2D eigenvalue weighted by atomic mass is 10.1. The predicted octanol–water partition coefficient (Wildman–Crippen LogP) is 3.04. The van der Waals surface area contributed by atoms with E-state index in [2.05, 4.69) is 20.3 Å². The standard InChI is InChI=1S/C19H21N5O2S/c1-11-8-15-17(27-11)16(18(25)24-9-13(10-24)26-3)23-19(22-15)21-12(2)14-6-4-5-7-20-14/h4-8,12-13H,9-10H2,1-3H3,(H,21,22,23)/t12-/m0/s1. The molecule has 4 rings (SSSR count). The summed E-state index contributed by atoms with van der Waals surface area (Å²) in [5.41, 5.74) is 2.13. The van der Waals surface area contributed by atoms with E-state index in [9.17, 15) is 4.79 Å². The van der Waals surface area contributed by atoms with Crippen molar-refractivity contribution in [1.82, 2.24) is 19.9 Å². The molecule has 1 saturated heterocycles. The molecule has 1 aliphatic rings. The first-order valence-electron chi connectivity index (χ1n) is 8.83. The second-order valence-electron chi connectivity index (χ2n) is 6.66. The Balaban J connectivity index is 1.65. The molecule has 0 radical (unpaired) electrons. The second-order valence-corrected chi connectivity index (χ2v) is 7.91. The molecular formula is C19H21N5O2S. The summed E-state index contributed by atoms with van der Waals surface area (Å²) in [5, 5.41) is 3.27. The van der Waals surface area contributed by atoms with Crippen molar-refractivity contribution < 1.29 is 9.53 Å². The van der Waals surface area contributed by atoms with E-state index in [0.29, 0.717) is 24.7 Å². The van der Waals surface area contributed by atoms with Crippen molar-refractivity contribution in [2.24, 2.45) is 0 Å². The van der Waals surface area contributed by atoms with Gasteiger partial charge in [-0.05, 0) is 32.0 Å². The number of hydrogen-bond donors (Lipinski definition) is 1. The van der Waals surface area contributed by atoms with Crippen LogP contribution in [0.2, 0.25) is 0 Å². The molecule has 0 aromatic carbocycles. The lowest BCUT2D eigenvalue weighted by Gasteiger charge is -2.37. The minimum Gasteiger partial charge on any atom is -0.378 e. The number of pyridine rings is 1. The number of aryl methyl sites for hydroxylation is 1. The number of thiophene rings is 1. The van der Waals surface area contributed by atoms with Crippen molar-refractivity contribution >= 4 is 33.4 Å². The highest BCUT2D eigenvalue weighted by Crippen LogP contribution is 2.30. The SMILES string of the molecule is COC1CN(C(=O)c2nc(N[C@@H](C)c3ccccn3)nc3cc(C)sc23)C1. The molecule has 0 bridgehead atoms. The van der Waals surface area contributed by atoms with E-state index >= 15 is 0 Å². The molecule has 0 unspecified atom stereocenters. The maximum Gasteiger partial charge on any atom is 0.274 e. The number of nitrogens with one attached hydrogen (secondary N) is 1. The van der Waals surface area contributed by atoms with Crippen molar-refractivity contribution in [3.8, 4) is 0 Å². The molecule has 1 amide bonds. The Morgan fingerprint density at radius 1 is 1.37 bits per heavy atom. The summed E-state index contributed by atoms with van der Waals surface area (Å²) in [6.07, 6.45) is 1.86. The van der Waals surface area contributed by atoms with E-state index < -0.39 is 0 Å². The van der Waals surface area contributed by atoms with Gasteiger partial charge in [-0.3, -0.25) is 9.78 Å². The molecule has 8 heteroatoms. The number of nitrogens with zero attached hydrogens (tertiary/aromatic N) is 4. The maximum absolute atomic E-state index is 13.0. The molecular weight excluding hydrogens is 362 g/mol. The molecule has 3 aromatic rings. The summed E-state index contributed by atoms with van der Waals surface area (Å²) in [6.45, 7) is 5.19. The van der Waals surface area contributed by atoms with Gasteiger partial charge in [0.05, 0.1) is 28.1 Å². The predicted molar refractivity (Wildman–Crippen MR) is 105 cm³/mol. The monoisotopic (exact) mass is 383 g/mol. The molecule has 1 aliphatic heterocycles. The van der Waals surface area contributed by atoms with Gasteiger partial charge in [0.2, 0.25) is 5.95 Å². The molecule has 0 spiro atoms. The number of anilines is 1. The summed E-state index contributed by atoms with van der Waals surface area (Å²) < 4.78 is 6.10. The van der Waals surface area contributed by atoms with Gasteiger partial charge < -0.3 is 15.0 Å². The lowest BCUT2D eigenvalue weighted by Crippen LogP contribution is -2.54. The van der Waals surface area contributed by atoms with Crippen LogP contribution in [0.4, 0.5) is 5.95 Å². The highest BCUT2D eigenvalue weighted by molar-refractivity contribution is 7.19. The van der Waals surface area contributed by atoms with E-state index in [1.54, 1.807) is 29.5 Å². The van der Waals surface area contributed by atoms with Crippen LogP contribution in [0.25, 0.3) is 10.2 Å². The molecule has 1 N–H and O–H groups in total. The summed E-state index contributed by atoms with van der Waals surface area (Å²) in [4.78, 5) is 29.4. The van der Waals surface area contributed by atoms with E-state index in [-0.39, 0.29) is 18.1 Å². The van der Waals surface area contributed by atoms with Crippen LogP contribution in [0.1, 0.15) is 34.0 Å². The summed E-state index contributed by atoms with van der Waals surface area (Å²) in [7, 11) is 1.67. The van der Waals surface area contributed by atoms with Gasteiger partial charge in [-0.15, -0.1) is 11.3 Å². The number of aromatic nitrogens is 3. The average Bonchev–Trinajstić information content (AvgIpc) is 3.00. The first-order chi connectivity index (χ1) is 13.0. The molecule has 27 heavy (non-hydrogen) atoms. The van der Waals surface area contributed by atoms with Gasteiger partial charge in [0.1, 0.15) is 0 Å². The number of amides is 1. The zero-order chi connectivity index (χ0) is 19.0. The third kappa shape index (κ3) is 3.50. The van der Waals surface area contributed by atoms with Gasteiger partial charge in [-0.25, -0.2) is 9.97 Å². The molecule has 0 saturated carbocycles. The third-order valence-electron chi connectivity index (χ3n) is 4.64. The molecule has 0 aliphatic carbocycles. The summed E-state index contributed by atoms with van der Waals surface area (Å²) in [5.74, 6) is 0.358. The van der Waals surface area contributed by atoms with Gasteiger partial charge in [0.15, 0.2) is 5.69 Å². The first kappa shape index (κ1) is 17.8. The smallest absolute Gasteiger partial charge is 0.274 e. The quantitative estimate of drug-likeness (QED) is 0.729. The van der Waals surface area contributed by atoms with Crippen LogP contribution >= 0.6 is 11.3 Å². The van der Waals surface area contributed by atoms with Crippen LogP contribution in [0, 0.1) is 6.92 Å². The number of methoxy groups -OCH3 is 1. The number of carbonyl (C=O) groups excluding carboxylic acids is 1. The van der Waals surface area contributed by atoms with Gasteiger partial charge in [-0.2, -0.15) is 0 Å². The van der Waals surface area contributed by atoms with Gasteiger partial charge in [-0.1, -0.05) is 6.07 Å². The van der Waals surface area contributed by atoms with Crippen LogP contribution < -0.4 is 5.32 Å². The van der Waals surface area contributed by atoms with E-state index in [4.69, 9.17) is 4.74 Å². The largest absolute Gasteiger partial charge is 0.378 e. The van der Waals surface area contributed by atoms with Gasteiger partial charge >= 0.3 is 0 Å². The summed E-state index contributed by atoms with van der Waals surface area (Å²) >= 11 is 1.55. The number of hydrogen-bond acceptors (Lipinski definition) is 7. The molecule has 1 fully saturated rings. The first-order valence-corrected chi connectivity index (χ1v) is 9.64. The van der Waals surface area contributed by atoms with Crippen molar-refractivity contribution in [2.45, 2.75) is 26.0 Å². The zero-order valence-electron chi connectivity index (χ0n) is 15.5. The number of fused-ring (bicyclic) bond motifs is 1. The van der Waals surface area contributed by atoms with Crippen LogP contribution in [-0.2, 0) is 4.74 Å². The van der Waals surface area contributed by atoms with Gasteiger partial charge in [0, 0.05) is 31.3 Å². The van der Waals surface area contributed by atoms with Crippen molar-refractivity contribution in [3.05, 3.63) is 46.7 Å². The van der Waals surface area contributed by atoms with Crippen molar-refractivity contribution in [3.63, 3.8) is 0 Å². The van der Waals surface area contributed by atoms with E-state index in [0.717, 1.165) is 20.8 Å². The highest BCUT2D eigenvalue weighted by Gasteiger charge is 2.33. The molecule has 140 valence electrons. The fourth-order valence-corrected chi connectivity index (χ4v) is 3.99. The lowest BCUT2D eigenvalue weighted by molar-refractivity contribution is -0.0193. The Morgan fingerprint density at radius 2 is 2.19 bits per heavy atom. The average molecular weight is 383 g/mol. The van der Waals surface area contributed by atoms with Crippen molar-refractivity contribution in [1.29, 1.82) is 0 Å². The molecule has 7 nitrogen and oxygen atoms in total. The van der Waals surface area contributed by atoms with Gasteiger partial charge in [0.25, 0.3) is 5.91 Å². The number of ether oxygens (including phenoxy) is 1. The van der Waals surface area contributed by atoms with Crippen LogP contribution in [-0.4, -0.2) is 52.1 Å². The van der Waals surface area contributed by atoms with Crippen molar-refractivity contribution in [2.75, 3.05) is 25.5 Å². The second kappa shape index (κ2) is 7.21. The minimum absolute atomic E-state index is 0.0757. The number of rotatable bonds is 5. The number of likely N-dealkylation sites (tertiary alicyclic amines) is 1. The minimum atomic E-state index is -0.0777. The Labute approximate surface area is 161 Å². The third-order valence-corrected chi connectivity index (χ3v) is 5.69.